The van der Waals surface area contributed by atoms with Crippen LogP contribution in [0.1, 0.15) is 23.6 Å². The first-order valence-corrected chi connectivity index (χ1v) is 9.71. The number of carbonyl (C=O) groups excluding carboxylic acids is 1. The molecule has 1 atom stereocenters. The van der Waals surface area contributed by atoms with Crippen LogP contribution in [0, 0.1) is 6.92 Å². The standard InChI is InChI=1S/C18H21N3O3S/c1-13-6-8-14(9-7-13)17(19)18(22)20-15-4-2-5-16(12-15)21-10-3-11-25(21,23)24/h2,4-9,12,17H,3,10-11,19H2,1H3,(H,20,22). The number of amides is 1. The van der Waals surface area contributed by atoms with E-state index in [0.717, 1.165) is 11.1 Å². The van der Waals surface area contributed by atoms with Crippen LogP contribution in [0.4, 0.5) is 11.4 Å². The summed E-state index contributed by atoms with van der Waals surface area (Å²) >= 11 is 0. The molecule has 1 heterocycles. The highest BCUT2D eigenvalue weighted by atomic mass is 32.2. The lowest BCUT2D eigenvalue weighted by molar-refractivity contribution is -0.117. The molecule has 0 aromatic heterocycles. The van der Waals surface area contributed by atoms with Crippen molar-refractivity contribution in [3.8, 4) is 0 Å². The fourth-order valence-corrected chi connectivity index (χ4v) is 4.37. The average Bonchev–Trinajstić information content (AvgIpc) is 2.94. The SMILES string of the molecule is Cc1ccc(C(N)C(=O)Nc2cccc(N3CCCS3(=O)=O)c2)cc1. The number of nitrogens with zero attached hydrogens (tertiary/aromatic N) is 1. The largest absolute Gasteiger partial charge is 0.324 e. The fourth-order valence-electron chi connectivity index (χ4n) is 2.81. The van der Waals surface area contributed by atoms with Crippen molar-refractivity contribution in [1.29, 1.82) is 0 Å². The van der Waals surface area contributed by atoms with Crippen molar-refractivity contribution in [2.45, 2.75) is 19.4 Å². The highest BCUT2D eigenvalue weighted by Gasteiger charge is 2.28. The molecule has 1 aliphatic heterocycles. The molecule has 0 aliphatic carbocycles. The summed E-state index contributed by atoms with van der Waals surface area (Å²) < 4.78 is 25.4. The Bertz CT molecular complexity index is 879. The van der Waals surface area contributed by atoms with Crippen LogP contribution in [-0.4, -0.2) is 26.6 Å². The average molecular weight is 359 g/mol. The molecule has 2 aromatic carbocycles. The zero-order valence-corrected chi connectivity index (χ0v) is 14.8. The molecule has 0 bridgehead atoms. The number of benzene rings is 2. The van der Waals surface area contributed by atoms with E-state index in [1.165, 1.54) is 4.31 Å². The smallest absolute Gasteiger partial charge is 0.245 e. The van der Waals surface area contributed by atoms with E-state index in [2.05, 4.69) is 5.32 Å². The molecule has 132 valence electrons. The van der Waals surface area contributed by atoms with Crippen LogP contribution in [0.2, 0.25) is 0 Å². The number of hydrogen-bond donors (Lipinski definition) is 2. The lowest BCUT2D eigenvalue weighted by atomic mass is 10.1. The minimum absolute atomic E-state index is 0.155. The van der Waals surface area contributed by atoms with Gasteiger partial charge >= 0.3 is 0 Å². The second-order valence-electron chi connectivity index (χ2n) is 6.17. The summed E-state index contributed by atoms with van der Waals surface area (Å²) in [6.45, 7) is 2.43. The van der Waals surface area contributed by atoms with Gasteiger partial charge in [-0.25, -0.2) is 8.42 Å². The van der Waals surface area contributed by atoms with Crippen LogP contribution in [0.15, 0.2) is 48.5 Å². The van der Waals surface area contributed by atoms with Crippen LogP contribution < -0.4 is 15.4 Å². The zero-order valence-electron chi connectivity index (χ0n) is 14.0. The number of anilines is 2. The number of carbonyl (C=O) groups is 1. The van der Waals surface area contributed by atoms with Crippen LogP contribution in [0.3, 0.4) is 0 Å². The molecule has 0 spiro atoms. The Kier molecular flexibility index (Phi) is 4.78. The van der Waals surface area contributed by atoms with E-state index in [0.29, 0.717) is 24.3 Å². The topological polar surface area (TPSA) is 92.5 Å². The molecule has 1 saturated heterocycles. The minimum Gasteiger partial charge on any atom is -0.324 e. The molecule has 2 aromatic rings. The van der Waals surface area contributed by atoms with Gasteiger partial charge < -0.3 is 11.1 Å². The third-order valence-electron chi connectivity index (χ3n) is 4.22. The number of nitrogens with two attached hydrogens (primary N) is 1. The molecule has 1 amide bonds. The molecular weight excluding hydrogens is 338 g/mol. The first-order valence-electron chi connectivity index (χ1n) is 8.10. The van der Waals surface area contributed by atoms with E-state index in [1.54, 1.807) is 24.3 Å². The summed E-state index contributed by atoms with van der Waals surface area (Å²) in [5.74, 6) is -0.188. The first-order chi connectivity index (χ1) is 11.9. The van der Waals surface area contributed by atoms with Gasteiger partial charge in [-0.1, -0.05) is 35.9 Å². The van der Waals surface area contributed by atoms with Crippen molar-refractivity contribution in [2.24, 2.45) is 5.73 Å². The first kappa shape index (κ1) is 17.4. The third-order valence-corrected chi connectivity index (χ3v) is 6.09. The van der Waals surface area contributed by atoms with Gasteiger partial charge in [-0.3, -0.25) is 9.10 Å². The monoisotopic (exact) mass is 359 g/mol. The molecule has 25 heavy (non-hydrogen) atoms. The van der Waals surface area contributed by atoms with E-state index >= 15 is 0 Å². The minimum atomic E-state index is -3.25. The Morgan fingerprint density at radius 1 is 1.20 bits per heavy atom. The molecule has 1 fully saturated rings. The second kappa shape index (κ2) is 6.85. The summed E-state index contributed by atoms with van der Waals surface area (Å²) in [5.41, 5.74) is 8.91. The molecule has 0 saturated carbocycles. The summed E-state index contributed by atoms with van der Waals surface area (Å²) in [5, 5.41) is 2.76. The predicted octanol–water partition coefficient (Wildman–Crippen LogP) is 2.17. The van der Waals surface area contributed by atoms with Crippen molar-refractivity contribution in [3.05, 3.63) is 59.7 Å². The van der Waals surface area contributed by atoms with Crippen LogP contribution >= 0.6 is 0 Å². The van der Waals surface area contributed by atoms with Crippen molar-refractivity contribution in [3.63, 3.8) is 0 Å². The summed E-state index contributed by atoms with van der Waals surface area (Å²) in [6.07, 6.45) is 0.608. The van der Waals surface area contributed by atoms with Gasteiger partial charge in [0.2, 0.25) is 15.9 Å². The van der Waals surface area contributed by atoms with E-state index in [1.807, 2.05) is 31.2 Å². The van der Waals surface area contributed by atoms with Gasteiger partial charge in [0.25, 0.3) is 0 Å². The Balaban J connectivity index is 1.75. The van der Waals surface area contributed by atoms with Crippen LogP contribution in [0.5, 0.6) is 0 Å². The molecule has 1 unspecified atom stereocenters. The third kappa shape index (κ3) is 3.83. The lowest BCUT2D eigenvalue weighted by Gasteiger charge is -2.18. The zero-order chi connectivity index (χ0) is 18.0. The van der Waals surface area contributed by atoms with Crippen molar-refractivity contribution >= 4 is 27.3 Å². The number of hydrogen-bond acceptors (Lipinski definition) is 4. The number of sulfonamides is 1. The molecule has 1 aliphatic rings. The molecule has 0 radical (unpaired) electrons. The molecular formula is C18H21N3O3S. The Hall–Kier alpha value is -2.38. The molecule has 3 N–H and O–H groups in total. The fraction of sp³-hybridized carbons (Fsp3) is 0.278. The van der Waals surface area contributed by atoms with Gasteiger partial charge in [0.05, 0.1) is 11.4 Å². The highest BCUT2D eigenvalue weighted by molar-refractivity contribution is 7.93. The van der Waals surface area contributed by atoms with Gasteiger partial charge in [0, 0.05) is 12.2 Å². The molecule has 7 heteroatoms. The molecule has 6 nitrogen and oxygen atoms in total. The van der Waals surface area contributed by atoms with Gasteiger partial charge in [-0.05, 0) is 37.1 Å². The quantitative estimate of drug-likeness (QED) is 0.875. The molecule has 3 rings (SSSR count). The Morgan fingerprint density at radius 2 is 1.92 bits per heavy atom. The van der Waals surface area contributed by atoms with Gasteiger partial charge in [-0.2, -0.15) is 0 Å². The Labute approximate surface area is 147 Å². The number of rotatable bonds is 4. The normalized spacial score (nSPS) is 17.3. The lowest BCUT2D eigenvalue weighted by Crippen LogP contribution is -2.28. The summed E-state index contributed by atoms with van der Waals surface area (Å²) in [4.78, 5) is 12.4. The summed E-state index contributed by atoms with van der Waals surface area (Å²) in [6, 6.07) is 13.5. The second-order valence-corrected chi connectivity index (χ2v) is 8.18. The van der Waals surface area contributed by atoms with E-state index in [-0.39, 0.29) is 11.7 Å². The van der Waals surface area contributed by atoms with Crippen molar-refractivity contribution in [1.82, 2.24) is 0 Å². The maximum Gasteiger partial charge on any atom is 0.245 e. The van der Waals surface area contributed by atoms with Gasteiger partial charge in [0.15, 0.2) is 0 Å². The highest BCUT2D eigenvalue weighted by Crippen LogP contribution is 2.26. The predicted molar refractivity (Wildman–Crippen MR) is 98.9 cm³/mol. The van der Waals surface area contributed by atoms with Crippen molar-refractivity contribution < 1.29 is 13.2 Å². The number of nitrogens with one attached hydrogen (secondary N) is 1. The maximum absolute atomic E-state index is 12.4. The van der Waals surface area contributed by atoms with E-state index in [4.69, 9.17) is 5.73 Å². The Morgan fingerprint density at radius 3 is 2.56 bits per heavy atom. The van der Waals surface area contributed by atoms with Gasteiger partial charge in [-0.15, -0.1) is 0 Å². The van der Waals surface area contributed by atoms with E-state index in [9.17, 15) is 13.2 Å². The van der Waals surface area contributed by atoms with Crippen LogP contribution in [0.25, 0.3) is 0 Å². The number of aryl methyl sites for hydroxylation is 1. The van der Waals surface area contributed by atoms with Crippen LogP contribution in [-0.2, 0) is 14.8 Å². The van der Waals surface area contributed by atoms with Crippen molar-refractivity contribution in [2.75, 3.05) is 21.9 Å². The summed E-state index contributed by atoms with van der Waals surface area (Å²) in [7, 11) is -3.25. The maximum atomic E-state index is 12.4. The van der Waals surface area contributed by atoms with E-state index < -0.39 is 16.1 Å². The van der Waals surface area contributed by atoms with Gasteiger partial charge in [0.1, 0.15) is 6.04 Å².